The Hall–Kier alpha value is -1.51. The molecule has 2 rings (SSSR count). The number of thiazole rings is 1. The Morgan fingerprint density at radius 1 is 1.42 bits per heavy atom. The maximum absolute atomic E-state index is 10.6. The van der Waals surface area contributed by atoms with Crippen molar-refractivity contribution in [3.05, 3.63) is 14.5 Å². The maximum atomic E-state index is 10.6. The van der Waals surface area contributed by atoms with Crippen LogP contribution in [0.15, 0.2) is 15.7 Å². The molecule has 1 aliphatic rings. The third kappa shape index (κ3) is 4.75. The molecule has 0 radical (unpaired) electrons. The van der Waals surface area contributed by atoms with Crippen LogP contribution in [0, 0.1) is 3.95 Å². The predicted octanol–water partition coefficient (Wildman–Crippen LogP) is 4.43. The molecule has 0 atom stereocenters. The van der Waals surface area contributed by atoms with Crippen molar-refractivity contribution >= 4 is 58.2 Å². The van der Waals surface area contributed by atoms with Crippen LogP contribution in [0.3, 0.4) is 0 Å². The van der Waals surface area contributed by atoms with Crippen LogP contribution in [-0.2, 0) is 11.3 Å². The molecule has 9 heteroatoms. The summed E-state index contributed by atoms with van der Waals surface area (Å²) in [5.41, 5.74) is 0.506. The monoisotopic (exact) mass is 387 g/mol. The highest BCUT2D eigenvalue weighted by Gasteiger charge is 2.17. The number of aromatic nitrogens is 1. The standard InChI is InChI=1S/C15H18ClN3O3S2/c1-2-3-5-11-17-9(13(16)18-11)8-10-14(22)19(15(23)24-10)7-4-6-12(20)21/h8,22H,2-7H2,1H3,(H,20,21). The molecule has 0 aliphatic carbocycles. The van der Waals surface area contributed by atoms with Gasteiger partial charge in [-0.15, -0.1) is 11.3 Å². The summed E-state index contributed by atoms with van der Waals surface area (Å²) in [5, 5.41) is 19.3. The van der Waals surface area contributed by atoms with E-state index in [1.54, 1.807) is 6.08 Å². The van der Waals surface area contributed by atoms with Crippen molar-refractivity contribution in [2.45, 2.75) is 45.6 Å². The van der Waals surface area contributed by atoms with Crippen molar-refractivity contribution in [3.63, 3.8) is 0 Å². The number of aliphatic imine (C=N–C) groups is 2. The van der Waals surface area contributed by atoms with Crippen LogP contribution in [0.25, 0.3) is 6.08 Å². The van der Waals surface area contributed by atoms with Crippen LogP contribution in [0.5, 0.6) is 5.88 Å². The number of carboxylic acids is 1. The van der Waals surface area contributed by atoms with Crippen molar-refractivity contribution in [2.75, 3.05) is 0 Å². The largest absolute Gasteiger partial charge is 0.493 e. The van der Waals surface area contributed by atoms with Crippen LogP contribution in [0.2, 0.25) is 0 Å². The minimum Gasteiger partial charge on any atom is -0.493 e. The Morgan fingerprint density at radius 3 is 2.83 bits per heavy atom. The zero-order valence-corrected chi connectivity index (χ0v) is 15.5. The number of halogens is 1. The third-order valence-electron chi connectivity index (χ3n) is 3.38. The van der Waals surface area contributed by atoms with Crippen LogP contribution in [0.1, 0.15) is 43.9 Å². The molecule has 0 saturated heterocycles. The minimum absolute atomic E-state index is 0.00423. The number of allylic oxidation sites excluding steroid dienone is 1. The molecule has 0 bridgehead atoms. The van der Waals surface area contributed by atoms with Gasteiger partial charge in [-0.2, -0.15) is 0 Å². The molecule has 0 spiro atoms. The number of hydrogen-bond donors (Lipinski definition) is 2. The third-order valence-corrected chi connectivity index (χ3v) is 5.04. The SMILES string of the molecule is CCCCC1=NC(=Cc2sc(=S)n(CCCC(=O)O)c2O)C(Cl)=N1. The predicted molar refractivity (Wildman–Crippen MR) is 99.9 cm³/mol. The number of carboxylic acid groups (broad SMARTS) is 1. The van der Waals surface area contributed by atoms with Gasteiger partial charge < -0.3 is 10.2 Å². The summed E-state index contributed by atoms with van der Waals surface area (Å²) < 4.78 is 2.00. The van der Waals surface area contributed by atoms with Crippen molar-refractivity contribution < 1.29 is 15.0 Å². The lowest BCUT2D eigenvalue weighted by Gasteiger charge is -2.03. The van der Waals surface area contributed by atoms with Crippen LogP contribution >= 0.6 is 35.2 Å². The molecule has 1 aliphatic heterocycles. The summed E-state index contributed by atoms with van der Waals surface area (Å²) >= 11 is 12.6. The van der Waals surface area contributed by atoms with E-state index in [-0.39, 0.29) is 12.3 Å². The van der Waals surface area contributed by atoms with Crippen LogP contribution in [-0.4, -0.2) is 31.8 Å². The molecular formula is C15H18ClN3O3S2. The number of aliphatic carboxylic acids is 1. The minimum atomic E-state index is -0.874. The molecule has 1 aromatic rings. The van der Waals surface area contributed by atoms with Crippen LogP contribution < -0.4 is 0 Å². The number of aromatic hydroxyl groups is 1. The average Bonchev–Trinajstić information content (AvgIpc) is 2.99. The van der Waals surface area contributed by atoms with E-state index in [0.717, 1.165) is 19.3 Å². The summed E-state index contributed by atoms with van der Waals surface area (Å²) in [6.45, 7) is 2.44. The Labute approximate surface area is 153 Å². The fourth-order valence-electron chi connectivity index (χ4n) is 2.14. The van der Waals surface area contributed by atoms with Crippen molar-refractivity contribution in [1.82, 2.24) is 4.57 Å². The fourth-order valence-corrected chi connectivity index (χ4v) is 3.63. The highest BCUT2D eigenvalue weighted by molar-refractivity contribution is 7.73. The van der Waals surface area contributed by atoms with Crippen LogP contribution in [0.4, 0.5) is 0 Å². The van der Waals surface area contributed by atoms with Gasteiger partial charge in [-0.1, -0.05) is 24.9 Å². The lowest BCUT2D eigenvalue weighted by atomic mass is 10.2. The summed E-state index contributed by atoms with van der Waals surface area (Å²) in [6.07, 6.45) is 4.88. The highest BCUT2D eigenvalue weighted by atomic mass is 35.5. The maximum Gasteiger partial charge on any atom is 0.303 e. The summed E-state index contributed by atoms with van der Waals surface area (Å²) in [7, 11) is 0. The van der Waals surface area contributed by atoms with Gasteiger partial charge in [0, 0.05) is 19.4 Å². The first kappa shape index (κ1) is 18.8. The van der Waals surface area contributed by atoms with E-state index in [4.69, 9.17) is 28.9 Å². The molecule has 0 amide bonds. The molecule has 0 saturated carbocycles. The number of carbonyl (C=O) groups is 1. The van der Waals surface area contributed by atoms with Gasteiger partial charge in [0.15, 0.2) is 9.13 Å². The van der Waals surface area contributed by atoms with E-state index in [9.17, 15) is 9.90 Å². The van der Waals surface area contributed by atoms with E-state index in [1.807, 2.05) is 0 Å². The molecule has 2 N–H and O–H groups in total. The molecule has 2 heterocycles. The number of amidine groups is 1. The Morgan fingerprint density at radius 2 is 2.17 bits per heavy atom. The molecule has 0 fully saturated rings. The Bertz CT molecular complexity index is 777. The smallest absolute Gasteiger partial charge is 0.303 e. The average molecular weight is 388 g/mol. The molecule has 24 heavy (non-hydrogen) atoms. The molecule has 0 unspecified atom stereocenters. The fraction of sp³-hybridized carbons (Fsp3) is 0.467. The van der Waals surface area contributed by atoms with Gasteiger partial charge in [0.2, 0.25) is 5.88 Å². The molecular weight excluding hydrogens is 370 g/mol. The molecule has 1 aromatic heterocycles. The van der Waals surface area contributed by atoms with E-state index in [2.05, 4.69) is 16.9 Å². The van der Waals surface area contributed by atoms with Crippen molar-refractivity contribution in [3.8, 4) is 5.88 Å². The second kappa shape index (κ2) is 8.55. The first-order valence-electron chi connectivity index (χ1n) is 7.60. The van der Waals surface area contributed by atoms with Crippen molar-refractivity contribution in [2.24, 2.45) is 9.98 Å². The van der Waals surface area contributed by atoms with E-state index >= 15 is 0 Å². The normalized spacial score (nSPS) is 15.7. The molecule has 0 aromatic carbocycles. The quantitative estimate of drug-likeness (QED) is 0.646. The van der Waals surface area contributed by atoms with Gasteiger partial charge >= 0.3 is 5.97 Å². The van der Waals surface area contributed by atoms with Gasteiger partial charge in [0.1, 0.15) is 11.5 Å². The second-order valence-corrected chi connectivity index (χ2v) is 7.30. The highest BCUT2D eigenvalue weighted by Crippen LogP contribution is 2.30. The van der Waals surface area contributed by atoms with E-state index in [0.29, 0.717) is 38.5 Å². The Balaban J connectivity index is 2.18. The Kier molecular flexibility index (Phi) is 6.70. The lowest BCUT2D eigenvalue weighted by molar-refractivity contribution is -0.137. The summed E-state index contributed by atoms with van der Waals surface area (Å²) in [6, 6.07) is 0. The zero-order chi connectivity index (χ0) is 17.7. The first-order chi connectivity index (χ1) is 11.4. The number of unbranched alkanes of at least 4 members (excludes halogenated alkanes) is 1. The lowest BCUT2D eigenvalue weighted by Crippen LogP contribution is -2.01. The van der Waals surface area contributed by atoms with E-state index in [1.165, 1.54) is 15.9 Å². The van der Waals surface area contributed by atoms with Crippen molar-refractivity contribution in [1.29, 1.82) is 0 Å². The van der Waals surface area contributed by atoms with Gasteiger partial charge in [-0.3, -0.25) is 9.36 Å². The number of nitrogens with zero attached hydrogens (tertiary/aromatic N) is 3. The number of rotatable bonds is 8. The zero-order valence-electron chi connectivity index (χ0n) is 13.2. The molecule has 130 valence electrons. The summed E-state index contributed by atoms with van der Waals surface area (Å²) in [4.78, 5) is 19.7. The second-order valence-electron chi connectivity index (χ2n) is 5.27. The van der Waals surface area contributed by atoms with E-state index < -0.39 is 5.97 Å². The first-order valence-corrected chi connectivity index (χ1v) is 9.20. The topological polar surface area (TPSA) is 87.2 Å². The summed E-state index contributed by atoms with van der Waals surface area (Å²) in [5.74, 6) is -0.178. The van der Waals surface area contributed by atoms with Gasteiger partial charge in [-0.05, 0) is 31.1 Å². The molecule has 6 nitrogen and oxygen atoms in total. The van der Waals surface area contributed by atoms with Gasteiger partial charge in [-0.25, -0.2) is 9.98 Å². The van der Waals surface area contributed by atoms with Gasteiger partial charge in [0.05, 0.1) is 4.88 Å². The van der Waals surface area contributed by atoms with Gasteiger partial charge in [0.25, 0.3) is 0 Å². The number of hydrogen-bond acceptors (Lipinski definition) is 6.